The highest BCUT2D eigenvalue weighted by Gasteiger charge is 2.22. The predicted octanol–water partition coefficient (Wildman–Crippen LogP) is 4.51. The van der Waals surface area contributed by atoms with Gasteiger partial charge in [-0.15, -0.1) is 16.2 Å². The standard InChI is InChI=1S/C24H21ClN4O3S2/c1-15-7-9-17(10-8-15)14-33-21-12-20(25)16(2)11-22(21)34(31,32)28-24(26)29-23(30)19-6-4-3-5-18(19)13-27-29/h3-13H,14H2,1-2H3,(H2,26,28). The molecule has 174 valence electrons. The van der Waals surface area contributed by atoms with Crippen molar-refractivity contribution in [1.29, 1.82) is 0 Å². The third-order valence-corrected chi connectivity index (χ3v) is 8.13. The minimum absolute atomic E-state index is 0.0386. The van der Waals surface area contributed by atoms with Crippen molar-refractivity contribution < 1.29 is 8.42 Å². The van der Waals surface area contributed by atoms with E-state index in [4.69, 9.17) is 17.3 Å². The van der Waals surface area contributed by atoms with Crippen molar-refractivity contribution in [2.45, 2.75) is 29.4 Å². The van der Waals surface area contributed by atoms with E-state index >= 15 is 0 Å². The molecule has 0 bridgehead atoms. The second kappa shape index (κ2) is 9.61. The van der Waals surface area contributed by atoms with Crippen LogP contribution in [0.4, 0.5) is 0 Å². The van der Waals surface area contributed by atoms with E-state index in [0.717, 1.165) is 15.8 Å². The van der Waals surface area contributed by atoms with Crippen molar-refractivity contribution in [2.24, 2.45) is 10.1 Å². The predicted molar refractivity (Wildman–Crippen MR) is 137 cm³/mol. The highest BCUT2D eigenvalue weighted by molar-refractivity contribution is 7.99. The van der Waals surface area contributed by atoms with Gasteiger partial charge in [0.25, 0.3) is 15.6 Å². The molecule has 2 N–H and O–H groups in total. The van der Waals surface area contributed by atoms with Crippen LogP contribution in [0.25, 0.3) is 10.8 Å². The number of halogens is 1. The van der Waals surface area contributed by atoms with Crippen LogP contribution in [0.3, 0.4) is 0 Å². The first-order valence-electron chi connectivity index (χ1n) is 10.2. The third-order valence-electron chi connectivity index (χ3n) is 5.14. The van der Waals surface area contributed by atoms with E-state index in [1.807, 2.05) is 31.2 Å². The molecule has 7 nitrogen and oxygen atoms in total. The Labute approximate surface area is 206 Å². The molecule has 4 rings (SSSR count). The van der Waals surface area contributed by atoms with Crippen LogP contribution in [0.1, 0.15) is 16.7 Å². The maximum Gasteiger partial charge on any atom is 0.286 e. The SMILES string of the molecule is Cc1ccc(CSc2cc(Cl)c(C)cc2S(=O)(=O)/N=C(\N)n2ncc3ccccc3c2=O)cc1. The Morgan fingerprint density at radius 1 is 1.12 bits per heavy atom. The Morgan fingerprint density at radius 3 is 2.56 bits per heavy atom. The first kappa shape index (κ1) is 24.0. The quantitative estimate of drug-likeness (QED) is 0.239. The van der Waals surface area contributed by atoms with E-state index in [2.05, 4.69) is 9.50 Å². The largest absolute Gasteiger partial charge is 0.367 e. The summed E-state index contributed by atoms with van der Waals surface area (Å²) in [6, 6.07) is 17.8. The van der Waals surface area contributed by atoms with Crippen LogP contribution < -0.4 is 11.3 Å². The van der Waals surface area contributed by atoms with E-state index in [1.165, 1.54) is 24.0 Å². The molecule has 0 atom stereocenters. The number of aryl methyl sites for hydroxylation is 2. The molecule has 0 spiro atoms. The summed E-state index contributed by atoms with van der Waals surface area (Å²) in [6.45, 7) is 3.71. The Bertz CT molecular complexity index is 1580. The van der Waals surface area contributed by atoms with Crippen molar-refractivity contribution in [3.05, 3.63) is 98.9 Å². The Hall–Kier alpha value is -3.14. The molecule has 0 aliphatic rings. The first-order chi connectivity index (χ1) is 16.2. The van der Waals surface area contributed by atoms with Crippen LogP contribution in [0.5, 0.6) is 0 Å². The number of thioether (sulfide) groups is 1. The molecule has 0 saturated carbocycles. The van der Waals surface area contributed by atoms with E-state index in [-0.39, 0.29) is 4.90 Å². The lowest BCUT2D eigenvalue weighted by Gasteiger charge is -2.11. The zero-order valence-electron chi connectivity index (χ0n) is 18.4. The Kier molecular flexibility index (Phi) is 6.79. The lowest BCUT2D eigenvalue weighted by molar-refractivity contribution is 0.595. The lowest BCUT2D eigenvalue weighted by atomic mass is 10.2. The average Bonchev–Trinajstić information content (AvgIpc) is 2.80. The molecule has 1 aromatic heterocycles. The molecule has 0 radical (unpaired) electrons. The summed E-state index contributed by atoms with van der Waals surface area (Å²) < 4.78 is 31.0. The van der Waals surface area contributed by atoms with Gasteiger partial charge in [0.1, 0.15) is 4.90 Å². The van der Waals surface area contributed by atoms with Crippen molar-refractivity contribution in [3.8, 4) is 0 Å². The normalized spacial score (nSPS) is 12.3. The summed E-state index contributed by atoms with van der Waals surface area (Å²) in [4.78, 5) is 13.2. The van der Waals surface area contributed by atoms with Gasteiger partial charge in [0.15, 0.2) is 0 Å². The molecule has 0 unspecified atom stereocenters. The molecule has 3 aromatic carbocycles. The maximum absolute atomic E-state index is 13.3. The number of hydrogen-bond acceptors (Lipinski definition) is 5. The van der Waals surface area contributed by atoms with Gasteiger partial charge in [0.2, 0.25) is 5.96 Å². The highest BCUT2D eigenvalue weighted by Crippen LogP contribution is 2.34. The molecule has 10 heteroatoms. The van der Waals surface area contributed by atoms with Gasteiger partial charge in [-0.2, -0.15) is 18.2 Å². The zero-order valence-corrected chi connectivity index (χ0v) is 20.8. The highest BCUT2D eigenvalue weighted by atomic mass is 35.5. The second-order valence-corrected chi connectivity index (χ2v) is 10.7. The maximum atomic E-state index is 13.3. The fourth-order valence-corrected chi connectivity index (χ4v) is 5.96. The Balaban J connectivity index is 1.73. The molecule has 34 heavy (non-hydrogen) atoms. The fourth-order valence-electron chi connectivity index (χ4n) is 3.26. The molecular weight excluding hydrogens is 492 g/mol. The van der Waals surface area contributed by atoms with Crippen LogP contribution >= 0.6 is 23.4 Å². The number of nitrogens with zero attached hydrogens (tertiary/aromatic N) is 3. The molecular formula is C24H21ClN4O3S2. The third kappa shape index (κ3) is 5.01. The summed E-state index contributed by atoms with van der Waals surface area (Å²) in [7, 11) is -4.27. The van der Waals surface area contributed by atoms with Gasteiger partial charge in [-0.1, -0.05) is 59.6 Å². The molecule has 0 aliphatic heterocycles. The van der Waals surface area contributed by atoms with Gasteiger partial charge < -0.3 is 5.73 Å². The summed E-state index contributed by atoms with van der Waals surface area (Å²) >= 11 is 7.62. The van der Waals surface area contributed by atoms with E-state index < -0.39 is 21.5 Å². The van der Waals surface area contributed by atoms with Gasteiger partial charge in [-0.25, -0.2) is 0 Å². The van der Waals surface area contributed by atoms with Crippen LogP contribution in [0.15, 0.2) is 85.8 Å². The number of fused-ring (bicyclic) bond motifs is 1. The smallest absolute Gasteiger partial charge is 0.286 e. The molecule has 1 heterocycles. The molecule has 0 amide bonds. The minimum atomic E-state index is -4.27. The van der Waals surface area contributed by atoms with Gasteiger partial charge in [0, 0.05) is 21.1 Å². The first-order valence-corrected chi connectivity index (χ1v) is 13.0. The van der Waals surface area contributed by atoms with Gasteiger partial charge in [0.05, 0.1) is 11.6 Å². The Morgan fingerprint density at radius 2 is 1.82 bits per heavy atom. The molecule has 0 aliphatic carbocycles. The van der Waals surface area contributed by atoms with Crippen molar-refractivity contribution in [3.63, 3.8) is 0 Å². The van der Waals surface area contributed by atoms with Crippen LogP contribution in [0.2, 0.25) is 5.02 Å². The summed E-state index contributed by atoms with van der Waals surface area (Å²) in [5.74, 6) is -0.00887. The van der Waals surface area contributed by atoms with E-state index in [1.54, 1.807) is 37.3 Å². The van der Waals surface area contributed by atoms with Crippen LogP contribution in [-0.2, 0) is 15.8 Å². The number of sulfonamides is 1. The van der Waals surface area contributed by atoms with E-state index in [0.29, 0.717) is 32.0 Å². The fraction of sp³-hybridized carbons (Fsp3) is 0.125. The topological polar surface area (TPSA) is 107 Å². The van der Waals surface area contributed by atoms with E-state index in [9.17, 15) is 13.2 Å². The molecule has 4 aromatic rings. The number of hydrogen-bond donors (Lipinski definition) is 1. The number of aromatic nitrogens is 2. The monoisotopic (exact) mass is 512 g/mol. The average molecular weight is 513 g/mol. The number of rotatable bonds is 5. The van der Waals surface area contributed by atoms with Crippen molar-refractivity contribution in [2.75, 3.05) is 0 Å². The summed E-state index contributed by atoms with van der Waals surface area (Å²) in [6.07, 6.45) is 1.43. The minimum Gasteiger partial charge on any atom is -0.367 e. The van der Waals surface area contributed by atoms with Gasteiger partial charge >= 0.3 is 0 Å². The second-order valence-electron chi connectivity index (χ2n) is 7.70. The van der Waals surface area contributed by atoms with Gasteiger partial charge in [-0.3, -0.25) is 4.79 Å². The van der Waals surface area contributed by atoms with Crippen LogP contribution in [-0.4, -0.2) is 24.2 Å². The van der Waals surface area contributed by atoms with Gasteiger partial charge in [-0.05, 0) is 43.2 Å². The summed E-state index contributed by atoms with van der Waals surface area (Å²) in [5.41, 5.74) is 8.13. The van der Waals surface area contributed by atoms with Crippen LogP contribution in [0, 0.1) is 13.8 Å². The molecule has 0 saturated heterocycles. The zero-order chi connectivity index (χ0) is 24.5. The van der Waals surface area contributed by atoms with Crippen molar-refractivity contribution in [1.82, 2.24) is 9.78 Å². The lowest BCUT2D eigenvalue weighted by Crippen LogP contribution is -2.35. The number of nitrogens with two attached hydrogens (primary N) is 1. The molecule has 0 fully saturated rings. The summed E-state index contributed by atoms with van der Waals surface area (Å²) in [5, 5.41) is 5.38. The van der Waals surface area contributed by atoms with Crippen molar-refractivity contribution >= 4 is 50.1 Å². The number of benzene rings is 3.